The van der Waals surface area contributed by atoms with E-state index in [0.717, 1.165) is 43.2 Å². The van der Waals surface area contributed by atoms with E-state index in [2.05, 4.69) is 4.90 Å². The molecule has 9 heteroatoms. The molecule has 0 radical (unpaired) electrons. The standard InChI is InChI=1S/C18H26N2O2.C2HF3O2/c1-14-16(5-12-22-14)17(21)19-10-7-18(8-11-19)6-2-9-20(18)13-15-3-4-15;3-2(4,5)1(6)7/h5,12,15H,2-4,6-11,13H2,1H3;(H,6,7). The maximum atomic E-state index is 12.6. The number of alkyl halides is 3. The van der Waals surface area contributed by atoms with Crippen LogP contribution in [0.25, 0.3) is 0 Å². The summed E-state index contributed by atoms with van der Waals surface area (Å²) in [5, 5.41) is 7.12. The Morgan fingerprint density at radius 1 is 1.21 bits per heavy atom. The number of hydrogen-bond acceptors (Lipinski definition) is 4. The molecule has 0 aromatic carbocycles. The highest BCUT2D eigenvalue weighted by Crippen LogP contribution is 2.42. The number of carboxylic acid groups (broad SMARTS) is 1. The van der Waals surface area contributed by atoms with Crippen molar-refractivity contribution in [3.8, 4) is 0 Å². The van der Waals surface area contributed by atoms with E-state index in [1.165, 1.54) is 38.8 Å². The van der Waals surface area contributed by atoms with Gasteiger partial charge in [0.15, 0.2) is 0 Å². The Hall–Kier alpha value is -2.03. The lowest BCUT2D eigenvalue weighted by Gasteiger charge is -2.45. The summed E-state index contributed by atoms with van der Waals surface area (Å²) in [6.45, 7) is 6.22. The Morgan fingerprint density at radius 2 is 1.83 bits per heavy atom. The number of nitrogens with zero attached hydrogens (tertiary/aromatic N) is 2. The van der Waals surface area contributed by atoms with Crippen molar-refractivity contribution in [3.63, 3.8) is 0 Å². The Morgan fingerprint density at radius 3 is 2.31 bits per heavy atom. The average molecular weight is 416 g/mol. The number of aliphatic carboxylic acids is 1. The van der Waals surface area contributed by atoms with Gasteiger partial charge in [-0.15, -0.1) is 0 Å². The molecular formula is C20H27F3N2O4. The second-order valence-electron chi connectivity index (χ2n) is 8.20. The predicted molar refractivity (Wildman–Crippen MR) is 98.5 cm³/mol. The van der Waals surface area contributed by atoms with E-state index < -0.39 is 12.1 Å². The third-order valence-electron chi connectivity index (χ3n) is 6.23. The minimum Gasteiger partial charge on any atom is -0.475 e. The topological polar surface area (TPSA) is 74.0 Å². The highest BCUT2D eigenvalue weighted by molar-refractivity contribution is 5.95. The molecule has 1 amide bonds. The van der Waals surface area contributed by atoms with Crippen molar-refractivity contribution in [1.29, 1.82) is 0 Å². The number of carboxylic acids is 1. The van der Waals surface area contributed by atoms with E-state index in [0.29, 0.717) is 5.54 Å². The van der Waals surface area contributed by atoms with Gasteiger partial charge in [0.25, 0.3) is 5.91 Å². The van der Waals surface area contributed by atoms with Gasteiger partial charge < -0.3 is 14.4 Å². The molecule has 162 valence electrons. The van der Waals surface area contributed by atoms with Gasteiger partial charge in [-0.3, -0.25) is 9.69 Å². The largest absolute Gasteiger partial charge is 0.490 e. The van der Waals surface area contributed by atoms with Gasteiger partial charge in [0.2, 0.25) is 0 Å². The second-order valence-corrected chi connectivity index (χ2v) is 8.20. The predicted octanol–water partition coefficient (Wildman–Crippen LogP) is 3.70. The summed E-state index contributed by atoms with van der Waals surface area (Å²) in [6, 6.07) is 1.80. The average Bonchev–Trinajstić information content (AvgIpc) is 3.26. The van der Waals surface area contributed by atoms with Gasteiger partial charge in [-0.25, -0.2) is 4.79 Å². The van der Waals surface area contributed by atoms with Crippen LogP contribution in [0.15, 0.2) is 16.7 Å². The summed E-state index contributed by atoms with van der Waals surface area (Å²) in [5.41, 5.74) is 1.13. The summed E-state index contributed by atoms with van der Waals surface area (Å²) < 4.78 is 37.0. The minimum atomic E-state index is -5.08. The molecule has 3 fully saturated rings. The van der Waals surface area contributed by atoms with E-state index in [1.807, 2.05) is 11.8 Å². The van der Waals surface area contributed by atoms with Crippen molar-refractivity contribution in [3.05, 3.63) is 23.7 Å². The van der Waals surface area contributed by atoms with Crippen molar-refractivity contribution in [2.45, 2.75) is 57.2 Å². The fourth-order valence-corrected chi connectivity index (χ4v) is 4.36. The van der Waals surface area contributed by atoms with Crippen LogP contribution in [0.2, 0.25) is 0 Å². The molecule has 3 aliphatic rings. The third-order valence-corrected chi connectivity index (χ3v) is 6.23. The van der Waals surface area contributed by atoms with Gasteiger partial charge in [0, 0.05) is 25.2 Å². The number of aryl methyl sites for hydroxylation is 1. The molecule has 1 saturated carbocycles. The highest BCUT2D eigenvalue weighted by atomic mass is 19.4. The summed E-state index contributed by atoms with van der Waals surface area (Å²) in [7, 11) is 0. The Bertz CT molecular complexity index is 734. The van der Waals surface area contributed by atoms with Gasteiger partial charge in [-0.1, -0.05) is 0 Å². The molecule has 3 heterocycles. The van der Waals surface area contributed by atoms with Crippen molar-refractivity contribution >= 4 is 11.9 Å². The molecule has 1 N–H and O–H groups in total. The molecule has 0 atom stereocenters. The van der Waals surface area contributed by atoms with Crippen LogP contribution in [0.1, 0.15) is 54.6 Å². The minimum absolute atomic E-state index is 0.146. The van der Waals surface area contributed by atoms with E-state index in [4.69, 9.17) is 14.3 Å². The third kappa shape index (κ3) is 5.12. The Kier molecular flexibility index (Phi) is 6.26. The van der Waals surface area contributed by atoms with Crippen molar-refractivity contribution in [2.24, 2.45) is 5.92 Å². The molecular weight excluding hydrogens is 389 g/mol. The lowest BCUT2D eigenvalue weighted by molar-refractivity contribution is -0.192. The molecule has 2 aliphatic heterocycles. The maximum Gasteiger partial charge on any atom is 0.490 e. The first-order valence-electron chi connectivity index (χ1n) is 10.0. The van der Waals surface area contributed by atoms with Crippen molar-refractivity contribution < 1.29 is 32.3 Å². The lowest BCUT2D eigenvalue weighted by Crippen LogP contribution is -2.53. The normalized spacial score (nSPS) is 21.7. The molecule has 0 unspecified atom stereocenters. The highest BCUT2D eigenvalue weighted by Gasteiger charge is 2.45. The molecule has 2 saturated heterocycles. The first kappa shape index (κ1) is 21.7. The molecule has 1 aromatic heterocycles. The van der Waals surface area contributed by atoms with E-state index in [1.54, 1.807) is 12.3 Å². The number of likely N-dealkylation sites (tertiary alicyclic amines) is 2. The molecule has 4 rings (SSSR count). The Balaban J connectivity index is 0.000000298. The van der Waals surface area contributed by atoms with E-state index in [9.17, 15) is 18.0 Å². The van der Waals surface area contributed by atoms with Crippen LogP contribution in [0.4, 0.5) is 13.2 Å². The van der Waals surface area contributed by atoms with Crippen molar-refractivity contribution in [1.82, 2.24) is 9.80 Å². The van der Waals surface area contributed by atoms with Crippen LogP contribution in [-0.4, -0.2) is 64.7 Å². The Labute approximate surface area is 167 Å². The van der Waals surface area contributed by atoms with Gasteiger partial charge >= 0.3 is 12.1 Å². The number of piperidine rings is 1. The molecule has 0 bridgehead atoms. The second kappa shape index (κ2) is 8.38. The zero-order chi connectivity index (χ0) is 21.2. The first-order chi connectivity index (χ1) is 13.6. The number of halogens is 3. The van der Waals surface area contributed by atoms with Crippen LogP contribution in [-0.2, 0) is 4.79 Å². The maximum absolute atomic E-state index is 12.6. The fraction of sp³-hybridized carbons (Fsp3) is 0.700. The summed E-state index contributed by atoms with van der Waals surface area (Å²) in [5.74, 6) is -0.912. The summed E-state index contributed by atoms with van der Waals surface area (Å²) in [4.78, 5) is 26.3. The van der Waals surface area contributed by atoms with E-state index in [-0.39, 0.29) is 5.91 Å². The van der Waals surface area contributed by atoms with Crippen LogP contribution in [0, 0.1) is 12.8 Å². The van der Waals surface area contributed by atoms with Crippen LogP contribution < -0.4 is 0 Å². The smallest absolute Gasteiger partial charge is 0.475 e. The van der Waals surface area contributed by atoms with Crippen LogP contribution in [0.5, 0.6) is 0 Å². The molecule has 1 aromatic rings. The van der Waals surface area contributed by atoms with Gasteiger partial charge in [-0.2, -0.15) is 13.2 Å². The lowest BCUT2D eigenvalue weighted by atomic mass is 9.84. The summed E-state index contributed by atoms with van der Waals surface area (Å²) in [6.07, 6.45) is 4.33. The monoisotopic (exact) mass is 416 g/mol. The van der Waals surface area contributed by atoms with Crippen LogP contribution >= 0.6 is 0 Å². The molecule has 29 heavy (non-hydrogen) atoms. The summed E-state index contributed by atoms with van der Waals surface area (Å²) >= 11 is 0. The van der Waals surface area contributed by atoms with Gasteiger partial charge in [-0.05, 0) is 64.0 Å². The number of furan rings is 1. The quantitative estimate of drug-likeness (QED) is 0.813. The number of amides is 1. The number of rotatable bonds is 3. The van der Waals surface area contributed by atoms with Gasteiger partial charge in [0.05, 0.1) is 11.8 Å². The zero-order valence-corrected chi connectivity index (χ0v) is 16.5. The molecule has 1 spiro atoms. The van der Waals surface area contributed by atoms with Crippen molar-refractivity contribution in [2.75, 3.05) is 26.2 Å². The number of hydrogen-bond donors (Lipinski definition) is 1. The van der Waals surface area contributed by atoms with Gasteiger partial charge in [0.1, 0.15) is 5.76 Å². The number of carbonyl (C=O) groups excluding carboxylic acids is 1. The SMILES string of the molecule is Cc1occc1C(=O)N1CCC2(CCCN2CC2CC2)CC1.O=C(O)C(F)(F)F. The van der Waals surface area contributed by atoms with E-state index >= 15 is 0 Å². The molecule has 6 nitrogen and oxygen atoms in total. The number of carbonyl (C=O) groups is 2. The first-order valence-corrected chi connectivity index (χ1v) is 10.0. The molecule has 1 aliphatic carbocycles. The fourth-order valence-electron chi connectivity index (χ4n) is 4.36. The zero-order valence-electron chi connectivity index (χ0n) is 16.5. The van der Waals surface area contributed by atoms with Crippen LogP contribution in [0.3, 0.4) is 0 Å².